The fourth-order valence-corrected chi connectivity index (χ4v) is 1.10. The fraction of sp³-hybridized carbons (Fsp3) is 1.00. The number of hydrogen-bond acceptors (Lipinski definition) is 5. The first-order valence-corrected chi connectivity index (χ1v) is 6.12. The Balaban J connectivity index is 0. The van der Waals surface area contributed by atoms with E-state index in [1.54, 1.807) is 0 Å². The van der Waals surface area contributed by atoms with E-state index in [-0.39, 0.29) is 5.75 Å². The third-order valence-electron chi connectivity index (χ3n) is 1.01. The zero-order valence-electron chi connectivity index (χ0n) is 7.13. The first-order valence-electron chi connectivity index (χ1n) is 3.51. The van der Waals surface area contributed by atoms with Crippen LogP contribution in [-0.4, -0.2) is 31.4 Å². The summed E-state index contributed by atoms with van der Waals surface area (Å²) in [5, 5.41) is 0. The summed E-state index contributed by atoms with van der Waals surface area (Å²) in [7, 11) is -6.81. The van der Waals surface area contributed by atoms with Crippen LogP contribution >= 0.6 is 0 Å². The molecule has 0 unspecified atom stereocenters. The van der Waals surface area contributed by atoms with Crippen LogP contribution in [-0.2, 0) is 20.7 Å². The van der Waals surface area contributed by atoms with Gasteiger partial charge in [-0.25, -0.2) is 0 Å². The van der Waals surface area contributed by atoms with Crippen molar-refractivity contribution in [1.82, 2.24) is 0 Å². The van der Waals surface area contributed by atoms with Gasteiger partial charge >= 0.3 is 10.6 Å². The molecule has 0 rings (SSSR count). The van der Waals surface area contributed by atoms with E-state index in [4.69, 9.17) is 17.2 Å². The highest BCUT2D eigenvalue weighted by molar-refractivity contribution is 7.85. The minimum absolute atomic E-state index is 0.0964. The van der Waals surface area contributed by atoms with E-state index in [1.807, 2.05) is 6.92 Å². The molecule has 0 saturated carbocycles. The monoisotopic (exact) mass is 232 g/mol. The molecule has 0 amide bonds. The highest BCUT2D eigenvalue weighted by Crippen LogP contribution is 1.96. The molecule has 0 aromatic heterocycles. The number of hydrogen-bond donors (Lipinski definition) is 1. The van der Waals surface area contributed by atoms with Crippen molar-refractivity contribution >= 4 is 20.7 Å². The summed E-state index contributed by atoms with van der Waals surface area (Å²) in [5.74, 6) is -0.0964. The van der Waals surface area contributed by atoms with Gasteiger partial charge in [-0.05, 0) is 6.42 Å². The Morgan fingerprint density at radius 3 is 1.77 bits per heavy atom. The van der Waals surface area contributed by atoms with Crippen molar-refractivity contribution in [2.24, 2.45) is 0 Å². The van der Waals surface area contributed by atoms with E-state index < -0.39 is 20.7 Å². The Hall–Kier alpha value is -0.470. The lowest BCUT2D eigenvalue weighted by Gasteiger charge is -1.92. The van der Waals surface area contributed by atoms with Crippen molar-refractivity contribution in [3.63, 3.8) is 0 Å². The molecular weight excluding hydrogens is 220 g/mol. The van der Waals surface area contributed by atoms with Crippen LogP contribution in [0.15, 0.2) is 0 Å². The lowest BCUT2D eigenvalue weighted by molar-refractivity contribution is 0.480. The van der Waals surface area contributed by atoms with Gasteiger partial charge in [0.2, 0.25) is 0 Å². The largest absolute Gasteiger partial charge is 0.425 e. The second-order valence-electron chi connectivity index (χ2n) is 2.20. The maximum atomic E-state index is 10.1. The maximum absolute atomic E-state index is 10.1. The lowest BCUT2D eigenvalue weighted by atomic mass is 10.3. The molecule has 0 heterocycles. The molecule has 6 nitrogen and oxygen atoms in total. The molecule has 0 aromatic carbocycles. The molecule has 0 spiro atoms. The predicted octanol–water partition coefficient (Wildman–Crippen LogP) is 0.0603. The quantitative estimate of drug-likeness (QED) is 0.542. The smallest absolute Gasteiger partial charge is 0.286 e. The number of unbranched alkanes of at least 4 members (excludes halogenated alkanes) is 2. The van der Waals surface area contributed by atoms with Crippen LogP contribution in [0.2, 0.25) is 0 Å². The van der Waals surface area contributed by atoms with E-state index in [1.165, 1.54) is 0 Å². The minimum Gasteiger partial charge on any atom is -0.286 e. The van der Waals surface area contributed by atoms with Crippen LogP contribution in [0.5, 0.6) is 0 Å². The molecule has 0 radical (unpaired) electrons. The SMILES string of the molecule is CCCCCS(=O)(=O)O.O=S(=O)=O. The highest BCUT2D eigenvalue weighted by atomic mass is 32.2. The molecule has 0 saturated heterocycles. The zero-order chi connectivity index (χ0) is 10.9. The van der Waals surface area contributed by atoms with Crippen LogP contribution < -0.4 is 0 Å². The first kappa shape index (κ1) is 15.0. The van der Waals surface area contributed by atoms with Gasteiger partial charge in [-0.1, -0.05) is 19.8 Å². The predicted molar refractivity (Wildman–Crippen MR) is 45.6 cm³/mol. The van der Waals surface area contributed by atoms with Crippen molar-refractivity contribution in [3.8, 4) is 0 Å². The van der Waals surface area contributed by atoms with Crippen molar-refractivity contribution in [2.75, 3.05) is 5.75 Å². The van der Waals surface area contributed by atoms with Gasteiger partial charge in [0.1, 0.15) is 0 Å². The summed E-state index contributed by atoms with van der Waals surface area (Å²) in [6.07, 6.45) is 2.39. The maximum Gasteiger partial charge on any atom is 0.425 e. The van der Waals surface area contributed by atoms with Gasteiger partial charge in [0.15, 0.2) is 0 Å². The van der Waals surface area contributed by atoms with E-state index in [0.29, 0.717) is 6.42 Å². The second kappa shape index (κ2) is 8.14. The number of rotatable bonds is 4. The second-order valence-corrected chi connectivity index (χ2v) is 4.18. The van der Waals surface area contributed by atoms with Crippen LogP contribution in [0, 0.1) is 0 Å². The molecule has 0 aliphatic rings. The Labute approximate surface area is 78.8 Å². The zero-order valence-corrected chi connectivity index (χ0v) is 8.77. The Morgan fingerprint density at radius 2 is 1.54 bits per heavy atom. The van der Waals surface area contributed by atoms with Gasteiger partial charge in [-0.15, -0.1) is 12.6 Å². The third-order valence-corrected chi connectivity index (χ3v) is 1.81. The van der Waals surface area contributed by atoms with Crippen LogP contribution in [0.4, 0.5) is 0 Å². The molecule has 0 bridgehead atoms. The average molecular weight is 232 g/mol. The molecular formula is C5H12O6S2. The summed E-state index contributed by atoms with van der Waals surface area (Å²) >= 11 is 0. The van der Waals surface area contributed by atoms with Crippen molar-refractivity contribution in [2.45, 2.75) is 26.2 Å². The van der Waals surface area contributed by atoms with E-state index in [9.17, 15) is 8.42 Å². The minimum atomic E-state index is -3.70. The molecule has 0 aliphatic heterocycles. The van der Waals surface area contributed by atoms with Crippen molar-refractivity contribution in [1.29, 1.82) is 0 Å². The summed E-state index contributed by atoms with van der Waals surface area (Å²) in [4.78, 5) is 0. The van der Waals surface area contributed by atoms with Gasteiger partial charge in [-0.3, -0.25) is 4.55 Å². The van der Waals surface area contributed by atoms with E-state index >= 15 is 0 Å². The van der Waals surface area contributed by atoms with Crippen molar-refractivity contribution in [3.05, 3.63) is 0 Å². The highest BCUT2D eigenvalue weighted by Gasteiger charge is 2.01. The Bertz CT molecular complexity index is 291. The molecule has 0 aromatic rings. The molecule has 0 fully saturated rings. The molecule has 13 heavy (non-hydrogen) atoms. The summed E-state index contributed by atoms with van der Waals surface area (Å²) in [6.45, 7) is 1.98. The van der Waals surface area contributed by atoms with Gasteiger partial charge in [0, 0.05) is 0 Å². The van der Waals surface area contributed by atoms with E-state index in [2.05, 4.69) is 0 Å². The van der Waals surface area contributed by atoms with Gasteiger partial charge in [0.05, 0.1) is 5.75 Å². The Morgan fingerprint density at radius 1 is 1.15 bits per heavy atom. The normalized spacial score (nSPS) is 10.0. The van der Waals surface area contributed by atoms with Crippen LogP contribution in [0.1, 0.15) is 26.2 Å². The van der Waals surface area contributed by atoms with Gasteiger partial charge in [-0.2, -0.15) is 8.42 Å². The summed E-state index contributed by atoms with van der Waals surface area (Å²) < 4.78 is 53.7. The molecule has 80 valence electrons. The lowest BCUT2D eigenvalue weighted by Crippen LogP contribution is -2.02. The average Bonchev–Trinajstić information content (AvgIpc) is 1.83. The Kier molecular flexibility index (Phi) is 9.41. The van der Waals surface area contributed by atoms with E-state index in [0.717, 1.165) is 12.8 Å². The van der Waals surface area contributed by atoms with Crippen molar-refractivity contribution < 1.29 is 25.6 Å². The molecule has 0 aliphatic carbocycles. The standard InChI is InChI=1S/C5H12O3S.O3S/c1-2-3-4-5-9(6,7)8;1-4(2)3/h2-5H2,1H3,(H,6,7,8);. The van der Waals surface area contributed by atoms with Crippen LogP contribution in [0.25, 0.3) is 0 Å². The summed E-state index contributed by atoms with van der Waals surface area (Å²) in [6, 6.07) is 0. The van der Waals surface area contributed by atoms with Gasteiger partial charge in [0.25, 0.3) is 10.1 Å². The summed E-state index contributed by atoms with van der Waals surface area (Å²) in [5.41, 5.74) is 0. The topological polar surface area (TPSA) is 106 Å². The van der Waals surface area contributed by atoms with Crippen LogP contribution in [0.3, 0.4) is 0 Å². The molecule has 1 N–H and O–H groups in total. The first-order chi connectivity index (χ1) is 5.79. The van der Waals surface area contributed by atoms with Gasteiger partial charge < -0.3 is 0 Å². The molecule has 0 atom stereocenters. The fourth-order valence-electron chi connectivity index (χ4n) is 0.534. The molecule has 8 heteroatoms. The third kappa shape index (κ3) is 34.2.